The van der Waals surface area contributed by atoms with Gasteiger partial charge < -0.3 is 4.90 Å². The summed E-state index contributed by atoms with van der Waals surface area (Å²) < 4.78 is 0. The average Bonchev–Trinajstić information content (AvgIpc) is 3.44. The van der Waals surface area contributed by atoms with Gasteiger partial charge in [-0.3, -0.25) is 9.69 Å². The number of hydrogen-bond acceptors (Lipinski definition) is 3. The van der Waals surface area contributed by atoms with Gasteiger partial charge in [0.25, 0.3) is 5.91 Å². The maximum atomic E-state index is 13.5. The summed E-state index contributed by atoms with van der Waals surface area (Å²) in [5.74, 6) is 1.45. The zero-order chi connectivity index (χ0) is 22.5. The molecule has 1 aliphatic heterocycles. The van der Waals surface area contributed by atoms with E-state index in [1.54, 1.807) is 0 Å². The van der Waals surface area contributed by atoms with Crippen molar-refractivity contribution in [2.45, 2.75) is 33.2 Å². The van der Waals surface area contributed by atoms with Gasteiger partial charge in [-0.15, -0.1) is 11.3 Å². The minimum Gasteiger partial charge on any atom is -0.338 e. The fourth-order valence-electron chi connectivity index (χ4n) is 4.82. The van der Waals surface area contributed by atoms with Gasteiger partial charge >= 0.3 is 0 Å². The molecule has 2 unspecified atom stereocenters. The van der Waals surface area contributed by atoms with Crippen molar-refractivity contribution in [3.8, 4) is 0 Å². The van der Waals surface area contributed by atoms with E-state index >= 15 is 0 Å². The molecule has 4 rings (SSSR count). The van der Waals surface area contributed by atoms with Crippen LogP contribution in [0.2, 0.25) is 0 Å². The summed E-state index contributed by atoms with van der Waals surface area (Å²) in [5, 5.41) is 2.15. The molecule has 2 aromatic carbocycles. The Kier molecular flexibility index (Phi) is 7.44. The lowest BCUT2D eigenvalue weighted by atomic mass is 9.88. The highest BCUT2D eigenvalue weighted by atomic mass is 32.1. The molecule has 0 bridgehead atoms. The van der Waals surface area contributed by atoms with E-state index < -0.39 is 0 Å². The summed E-state index contributed by atoms with van der Waals surface area (Å²) in [7, 11) is 0. The van der Waals surface area contributed by atoms with E-state index in [0.717, 1.165) is 38.3 Å². The summed E-state index contributed by atoms with van der Waals surface area (Å²) in [6.45, 7) is 11.1. The van der Waals surface area contributed by atoms with E-state index in [1.807, 2.05) is 35.6 Å². The lowest BCUT2D eigenvalue weighted by molar-refractivity contribution is 0.0703. The van der Waals surface area contributed by atoms with Gasteiger partial charge in [0.15, 0.2) is 0 Å². The molecular weight excluding hydrogens is 412 g/mol. The first kappa shape index (κ1) is 22.8. The van der Waals surface area contributed by atoms with Crippen molar-refractivity contribution in [2.24, 2.45) is 11.8 Å². The van der Waals surface area contributed by atoms with Crippen LogP contribution < -0.4 is 0 Å². The summed E-state index contributed by atoms with van der Waals surface area (Å²) >= 11 is 1.83. The minimum absolute atomic E-state index is 0.155. The number of hydrogen-bond donors (Lipinski definition) is 0. The van der Waals surface area contributed by atoms with Gasteiger partial charge in [-0.2, -0.15) is 0 Å². The number of amides is 1. The molecule has 0 radical (unpaired) electrons. The molecule has 1 aliphatic rings. The van der Waals surface area contributed by atoms with Gasteiger partial charge in [-0.25, -0.2) is 0 Å². The van der Waals surface area contributed by atoms with Gasteiger partial charge in [-0.1, -0.05) is 67.9 Å². The molecule has 0 saturated carbocycles. The molecule has 1 fully saturated rings. The molecule has 1 amide bonds. The predicted octanol–water partition coefficient (Wildman–Crippen LogP) is 6.07. The Labute approximate surface area is 196 Å². The summed E-state index contributed by atoms with van der Waals surface area (Å²) in [5.41, 5.74) is 3.36. The second-order valence-corrected chi connectivity index (χ2v) is 10.6. The third-order valence-corrected chi connectivity index (χ3v) is 7.19. The van der Waals surface area contributed by atoms with Gasteiger partial charge in [-0.05, 0) is 47.9 Å². The van der Waals surface area contributed by atoms with Crippen molar-refractivity contribution < 1.29 is 4.79 Å². The number of carbonyl (C=O) groups is 1. The molecule has 0 aliphatic carbocycles. The highest BCUT2D eigenvalue weighted by Crippen LogP contribution is 2.35. The summed E-state index contributed by atoms with van der Waals surface area (Å²) in [6, 6.07) is 23.2. The molecular formula is C28H34N2OS. The van der Waals surface area contributed by atoms with Crippen molar-refractivity contribution in [2.75, 3.05) is 26.2 Å². The van der Waals surface area contributed by atoms with Crippen molar-refractivity contribution in [1.82, 2.24) is 9.80 Å². The Morgan fingerprint density at radius 1 is 1.03 bits per heavy atom. The van der Waals surface area contributed by atoms with Crippen LogP contribution in [0.15, 0.2) is 72.1 Å². The van der Waals surface area contributed by atoms with Crippen LogP contribution in [-0.4, -0.2) is 41.9 Å². The smallest absolute Gasteiger partial charge is 0.253 e. The van der Waals surface area contributed by atoms with Crippen LogP contribution in [0.5, 0.6) is 0 Å². The second kappa shape index (κ2) is 10.5. The van der Waals surface area contributed by atoms with E-state index in [9.17, 15) is 4.79 Å². The third-order valence-electron chi connectivity index (χ3n) is 6.33. The Balaban J connectivity index is 1.56. The van der Waals surface area contributed by atoms with E-state index in [4.69, 9.17) is 0 Å². The normalized spacial score (nSPS) is 18.9. The maximum Gasteiger partial charge on any atom is 0.253 e. The molecule has 3 aromatic rings. The standard InChI is InChI=1S/C28H34N2OS/c1-21(2)16-30(28(31)24-13-11-22(3)12-14-24)18-25-17-29(19-26-10-7-15-32-26)20-27(25)23-8-5-4-6-9-23/h4-15,21,25,27H,16-20H2,1-3H3. The Morgan fingerprint density at radius 2 is 1.78 bits per heavy atom. The average molecular weight is 447 g/mol. The van der Waals surface area contributed by atoms with Crippen LogP contribution in [-0.2, 0) is 6.54 Å². The first-order chi connectivity index (χ1) is 15.5. The van der Waals surface area contributed by atoms with Crippen LogP contribution in [0.4, 0.5) is 0 Å². The number of aryl methyl sites for hydroxylation is 1. The number of benzene rings is 2. The van der Waals surface area contributed by atoms with Crippen molar-refractivity contribution >= 4 is 17.2 Å². The SMILES string of the molecule is Cc1ccc(C(=O)N(CC(C)C)CC2CN(Cc3cccs3)CC2c2ccccc2)cc1. The molecule has 2 heterocycles. The number of likely N-dealkylation sites (tertiary alicyclic amines) is 1. The fourth-order valence-corrected chi connectivity index (χ4v) is 5.56. The fraction of sp³-hybridized carbons (Fsp3) is 0.393. The van der Waals surface area contributed by atoms with E-state index in [0.29, 0.717) is 17.8 Å². The quantitative estimate of drug-likeness (QED) is 0.419. The molecule has 168 valence electrons. The molecule has 1 aromatic heterocycles. The second-order valence-electron chi connectivity index (χ2n) is 9.52. The van der Waals surface area contributed by atoms with Gasteiger partial charge in [0.05, 0.1) is 0 Å². The van der Waals surface area contributed by atoms with E-state index in [2.05, 4.69) is 78.4 Å². The lowest BCUT2D eigenvalue weighted by Crippen LogP contribution is -2.39. The highest BCUT2D eigenvalue weighted by Gasteiger charge is 2.36. The van der Waals surface area contributed by atoms with Crippen LogP contribution in [0, 0.1) is 18.8 Å². The van der Waals surface area contributed by atoms with Crippen molar-refractivity contribution in [3.63, 3.8) is 0 Å². The number of rotatable bonds is 8. The van der Waals surface area contributed by atoms with Gasteiger partial charge in [0.1, 0.15) is 0 Å². The number of thiophene rings is 1. The third kappa shape index (κ3) is 5.67. The topological polar surface area (TPSA) is 23.6 Å². The molecule has 32 heavy (non-hydrogen) atoms. The lowest BCUT2D eigenvalue weighted by Gasteiger charge is -2.30. The molecule has 0 N–H and O–H groups in total. The van der Waals surface area contributed by atoms with E-state index in [1.165, 1.54) is 16.0 Å². The van der Waals surface area contributed by atoms with Crippen molar-refractivity contribution in [3.05, 3.63) is 93.7 Å². The minimum atomic E-state index is 0.155. The molecule has 4 heteroatoms. The summed E-state index contributed by atoms with van der Waals surface area (Å²) in [6.07, 6.45) is 0. The van der Waals surface area contributed by atoms with Gasteiger partial charge in [0, 0.05) is 49.1 Å². The Morgan fingerprint density at radius 3 is 2.44 bits per heavy atom. The highest BCUT2D eigenvalue weighted by molar-refractivity contribution is 7.09. The maximum absolute atomic E-state index is 13.5. The monoisotopic (exact) mass is 446 g/mol. The predicted molar refractivity (Wildman–Crippen MR) is 134 cm³/mol. The summed E-state index contributed by atoms with van der Waals surface area (Å²) in [4.78, 5) is 19.6. The molecule has 1 saturated heterocycles. The van der Waals surface area contributed by atoms with Crippen LogP contribution in [0.1, 0.15) is 46.1 Å². The molecule has 2 atom stereocenters. The molecule has 3 nitrogen and oxygen atoms in total. The van der Waals surface area contributed by atoms with Crippen LogP contribution >= 0.6 is 11.3 Å². The zero-order valence-electron chi connectivity index (χ0n) is 19.4. The molecule has 0 spiro atoms. The number of nitrogens with zero attached hydrogens (tertiary/aromatic N) is 2. The zero-order valence-corrected chi connectivity index (χ0v) is 20.2. The van der Waals surface area contributed by atoms with Crippen LogP contribution in [0.25, 0.3) is 0 Å². The van der Waals surface area contributed by atoms with Crippen LogP contribution in [0.3, 0.4) is 0 Å². The first-order valence-electron chi connectivity index (χ1n) is 11.6. The van der Waals surface area contributed by atoms with Crippen molar-refractivity contribution in [1.29, 1.82) is 0 Å². The number of carbonyl (C=O) groups excluding carboxylic acids is 1. The largest absolute Gasteiger partial charge is 0.338 e. The Bertz CT molecular complexity index is 982. The Hall–Kier alpha value is -2.43. The van der Waals surface area contributed by atoms with E-state index in [-0.39, 0.29) is 5.91 Å². The van der Waals surface area contributed by atoms with Gasteiger partial charge in [0.2, 0.25) is 0 Å². The first-order valence-corrected chi connectivity index (χ1v) is 12.5.